The van der Waals surface area contributed by atoms with Gasteiger partial charge in [0.15, 0.2) is 0 Å². The molecule has 7 nitrogen and oxygen atoms in total. The standard InChI is InChI=1S/C14H24N4O3S/c1-16(2)6-7-17(3)14-5-4-13(12-15-14)22(19,20)18-8-10-21-11-9-18/h4-5,12H,6-11H2,1-3H3. The number of hydrogen-bond donors (Lipinski definition) is 0. The summed E-state index contributed by atoms with van der Waals surface area (Å²) in [7, 11) is 2.51. The van der Waals surface area contributed by atoms with Crippen LogP contribution in [0.4, 0.5) is 5.82 Å². The van der Waals surface area contributed by atoms with Crippen molar-refractivity contribution in [3.05, 3.63) is 18.3 Å². The maximum Gasteiger partial charge on any atom is 0.244 e. The van der Waals surface area contributed by atoms with E-state index in [1.165, 1.54) is 10.5 Å². The molecule has 0 amide bonds. The zero-order valence-corrected chi connectivity index (χ0v) is 14.2. The Morgan fingerprint density at radius 2 is 1.86 bits per heavy atom. The summed E-state index contributed by atoms with van der Waals surface area (Å²) in [6.07, 6.45) is 1.44. The van der Waals surface area contributed by atoms with E-state index in [0.717, 1.165) is 18.9 Å². The number of morpholine rings is 1. The number of likely N-dealkylation sites (N-methyl/N-ethyl adjacent to an activating group) is 2. The normalized spacial score (nSPS) is 16.9. The van der Waals surface area contributed by atoms with Crippen LogP contribution in [0.15, 0.2) is 23.2 Å². The average Bonchev–Trinajstić information content (AvgIpc) is 2.53. The van der Waals surface area contributed by atoms with Crippen LogP contribution in [-0.2, 0) is 14.8 Å². The second-order valence-electron chi connectivity index (χ2n) is 5.59. The predicted molar refractivity (Wildman–Crippen MR) is 85.6 cm³/mol. The van der Waals surface area contributed by atoms with Gasteiger partial charge in [-0.1, -0.05) is 0 Å². The fourth-order valence-electron chi connectivity index (χ4n) is 2.15. The first kappa shape index (κ1) is 17.1. The number of anilines is 1. The number of hydrogen-bond acceptors (Lipinski definition) is 6. The van der Waals surface area contributed by atoms with Gasteiger partial charge in [0.2, 0.25) is 10.0 Å². The van der Waals surface area contributed by atoms with Crippen molar-refractivity contribution < 1.29 is 13.2 Å². The van der Waals surface area contributed by atoms with Crippen LogP contribution in [0.2, 0.25) is 0 Å². The van der Waals surface area contributed by atoms with Crippen LogP contribution in [0.3, 0.4) is 0 Å². The number of pyridine rings is 1. The lowest BCUT2D eigenvalue weighted by atomic mass is 10.4. The predicted octanol–water partition coefficient (Wildman–Crippen LogP) is 0.100. The summed E-state index contributed by atoms with van der Waals surface area (Å²) in [4.78, 5) is 8.62. The Morgan fingerprint density at radius 3 is 2.41 bits per heavy atom. The van der Waals surface area contributed by atoms with Crippen molar-refractivity contribution in [1.29, 1.82) is 0 Å². The maximum absolute atomic E-state index is 12.5. The minimum atomic E-state index is -3.47. The first-order chi connectivity index (χ1) is 10.4. The van der Waals surface area contributed by atoms with Crippen molar-refractivity contribution in [2.24, 2.45) is 0 Å². The molecule has 0 aliphatic carbocycles. The topological polar surface area (TPSA) is 66.0 Å². The monoisotopic (exact) mass is 328 g/mol. The number of ether oxygens (including phenoxy) is 1. The minimum Gasteiger partial charge on any atom is -0.379 e. The quantitative estimate of drug-likeness (QED) is 0.738. The van der Waals surface area contributed by atoms with Gasteiger partial charge >= 0.3 is 0 Å². The fraction of sp³-hybridized carbons (Fsp3) is 0.643. The molecule has 22 heavy (non-hydrogen) atoms. The summed E-state index contributed by atoms with van der Waals surface area (Å²) in [5, 5.41) is 0. The molecule has 2 rings (SSSR count). The van der Waals surface area contributed by atoms with Crippen molar-refractivity contribution in [3.63, 3.8) is 0 Å². The van der Waals surface area contributed by atoms with Crippen LogP contribution in [0, 0.1) is 0 Å². The van der Waals surface area contributed by atoms with Crippen LogP contribution < -0.4 is 4.90 Å². The van der Waals surface area contributed by atoms with E-state index < -0.39 is 10.0 Å². The van der Waals surface area contributed by atoms with Crippen molar-refractivity contribution in [2.75, 3.05) is 65.4 Å². The molecule has 1 aromatic heterocycles. The molecule has 2 heterocycles. The molecule has 124 valence electrons. The molecule has 0 bridgehead atoms. The largest absolute Gasteiger partial charge is 0.379 e. The Bertz CT molecular complexity index is 568. The number of nitrogens with zero attached hydrogens (tertiary/aromatic N) is 4. The van der Waals surface area contributed by atoms with E-state index >= 15 is 0 Å². The van der Waals surface area contributed by atoms with E-state index in [9.17, 15) is 8.42 Å². The third-order valence-corrected chi connectivity index (χ3v) is 5.48. The average molecular weight is 328 g/mol. The molecular formula is C14H24N4O3S. The minimum absolute atomic E-state index is 0.235. The van der Waals surface area contributed by atoms with Gasteiger partial charge in [0.05, 0.1) is 13.2 Å². The van der Waals surface area contributed by atoms with Gasteiger partial charge in [-0.05, 0) is 26.2 Å². The Labute approximate surface area is 132 Å². The van der Waals surface area contributed by atoms with Crippen molar-refractivity contribution >= 4 is 15.8 Å². The smallest absolute Gasteiger partial charge is 0.244 e. The molecule has 1 aromatic rings. The van der Waals surface area contributed by atoms with Crippen LogP contribution in [0.1, 0.15) is 0 Å². The molecule has 8 heteroatoms. The summed E-state index contributed by atoms with van der Waals surface area (Å²) in [5.41, 5.74) is 0. The fourth-order valence-corrected chi connectivity index (χ4v) is 3.51. The molecular weight excluding hydrogens is 304 g/mol. The first-order valence-electron chi connectivity index (χ1n) is 7.31. The van der Waals surface area contributed by atoms with Gasteiger partial charge in [-0.2, -0.15) is 4.31 Å². The van der Waals surface area contributed by atoms with E-state index in [0.29, 0.717) is 26.3 Å². The van der Waals surface area contributed by atoms with E-state index in [-0.39, 0.29) is 4.90 Å². The highest BCUT2D eigenvalue weighted by atomic mass is 32.2. The van der Waals surface area contributed by atoms with Gasteiger partial charge in [0.25, 0.3) is 0 Å². The zero-order chi connectivity index (χ0) is 16.2. The van der Waals surface area contributed by atoms with Crippen molar-refractivity contribution in [1.82, 2.24) is 14.2 Å². The highest BCUT2D eigenvalue weighted by molar-refractivity contribution is 7.89. The zero-order valence-electron chi connectivity index (χ0n) is 13.4. The lowest BCUT2D eigenvalue weighted by Gasteiger charge is -2.26. The summed E-state index contributed by atoms with van der Waals surface area (Å²) >= 11 is 0. The van der Waals surface area contributed by atoms with Crippen LogP contribution in [0.25, 0.3) is 0 Å². The van der Waals surface area contributed by atoms with Gasteiger partial charge in [0, 0.05) is 39.4 Å². The molecule has 1 aliphatic rings. The van der Waals surface area contributed by atoms with Gasteiger partial charge in [0.1, 0.15) is 10.7 Å². The molecule has 0 saturated carbocycles. The highest BCUT2D eigenvalue weighted by Gasteiger charge is 2.26. The van der Waals surface area contributed by atoms with E-state index in [1.807, 2.05) is 26.0 Å². The van der Waals surface area contributed by atoms with Crippen LogP contribution in [0.5, 0.6) is 0 Å². The lowest BCUT2D eigenvalue weighted by Crippen LogP contribution is -2.40. The lowest BCUT2D eigenvalue weighted by molar-refractivity contribution is 0.0730. The van der Waals surface area contributed by atoms with Gasteiger partial charge in [-0.15, -0.1) is 0 Å². The Morgan fingerprint density at radius 1 is 1.18 bits per heavy atom. The molecule has 0 atom stereocenters. The number of sulfonamides is 1. The molecule has 1 saturated heterocycles. The molecule has 1 fully saturated rings. The first-order valence-corrected chi connectivity index (χ1v) is 8.75. The second-order valence-corrected chi connectivity index (χ2v) is 7.53. The summed E-state index contributed by atoms with van der Waals surface area (Å²) < 4.78 is 31.6. The molecule has 0 unspecified atom stereocenters. The Balaban J connectivity index is 2.07. The maximum atomic E-state index is 12.5. The van der Waals surface area contributed by atoms with Crippen LogP contribution >= 0.6 is 0 Å². The third kappa shape index (κ3) is 4.16. The summed E-state index contributed by atoms with van der Waals surface area (Å²) in [5.74, 6) is 0.766. The van der Waals surface area contributed by atoms with Gasteiger partial charge < -0.3 is 14.5 Å². The molecule has 0 spiro atoms. The Kier molecular flexibility index (Phi) is 5.74. The van der Waals surface area contributed by atoms with E-state index in [1.54, 1.807) is 12.1 Å². The Hall–Kier alpha value is -1.22. The van der Waals surface area contributed by atoms with E-state index in [2.05, 4.69) is 9.88 Å². The SMILES string of the molecule is CN(C)CCN(C)c1ccc(S(=O)(=O)N2CCOCC2)cn1. The van der Waals surface area contributed by atoms with Crippen molar-refractivity contribution in [3.8, 4) is 0 Å². The van der Waals surface area contributed by atoms with Gasteiger partial charge in [-0.3, -0.25) is 0 Å². The summed E-state index contributed by atoms with van der Waals surface area (Å²) in [6, 6.07) is 3.38. The molecule has 0 aromatic carbocycles. The molecule has 0 N–H and O–H groups in total. The highest BCUT2D eigenvalue weighted by Crippen LogP contribution is 2.18. The third-order valence-electron chi connectivity index (χ3n) is 3.60. The number of rotatable bonds is 6. The number of aromatic nitrogens is 1. The second kappa shape index (κ2) is 7.36. The molecule has 1 aliphatic heterocycles. The van der Waals surface area contributed by atoms with E-state index in [4.69, 9.17) is 4.74 Å². The van der Waals surface area contributed by atoms with Crippen LogP contribution in [-0.4, -0.2) is 83.1 Å². The van der Waals surface area contributed by atoms with Gasteiger partial charge in [-0.25, -0.2) is 13.4 Å². The van der Waals surface area contributed by atoms with Crippen molar-refractivity contribution in [2.45, 2.75) is 4.90 Å². The summed E-state index contributed by atoms with van der Waals surface area (Å²) in [6.45, 7) is 3.41. The molecule has 0 radical (unpaired) electrons.